The second-order valence-corrected chi connectivity index (χ2v) is 6.80. The summed E-state index contributed by atoms with van der Waals surface area (Å²) in [6.07, 6.45) is 0.139. The summed E-state index contributed by atoms with van der Waals surface area (Å²) < 4.78 is 21.1. The molecule has 1 rings (SSSR count). The molecule has 0 amide bonds. The van der Waals surface area contributed by atoms with Crippen LogP contribution in [0.4, 0.5) is 0 Å². The van der Waals surface area contributed by atoms with E-state index in [1.165, 1.54) is 0 Å². The molecule has 1 aliphatic heterocycles. The smallest absolute Gasteiger partial charge is 0.246 e. The number of ether oxygens (including phenoxy) is 1. The Labute approximate surface area is 74.0 Å². The van der Waals surface area contributed by atoms with E-state index in [9.17, 15) is 4.57 Å². The van der Waals surface area contributed by atoms with Crippen LogP contribution in [0, 0.1) is 0 Å². The average molecular weight is 192 g/mol. The van der Waals surface area contributed by atoms with Crippen LogP contribution in [0.5, 0.6) is 0 Å². The fourth-order valence-electron chi connectivity index (χ4n) is 1.34. The number of epoxide rings is 1. The largest absolute Gasteiger partial charge is 0.359 e. The van der Waals surface area contributed by atoms with Crippen LogP contribution in [-0.4, -0.2) is 49.5 Å². The van der Waals surface area contributed by atoms with Crippen molar-refractivity contribution in [1.29, 1.82) is 0 Å². The molecule has 1 heterocycles. The number of nitrogens with zero attached hydrogens (tertiary/aromatic N) is 2. The Morgan fingerprint density at radius 2 is 1.50 bits per heavy atom. The van der Waals surface area contributed by atoms with Crippen LogP contribution in [0.15, 0.2) is 0 Å². The fourth-order valence-corrected chi connectivity index (χ4v) is 3.86. The van der Waals surface area contributed by atoms with E-state index in [2.05, 4.69) is 0 Å². The van der Waals surface area contributed by atoms with Gasteiger partial charge >= 0.3 is 0 Å². The molecular weight excluding hydrogens is 175 g/mol. The predicted octanol–water partition coefficient (Wildman–Crippen LogP) is 1.05. The van der Waals surface area contributed by atoms with Crippen molar-refractivity contribution in [2.75, 3.05) is 28.2 Å². The summed E-state index contributed by atoms with van der Waals surface area (Å²) in [6, 6.07) is 0. The molecule has 0 unspecified atom stereocenters. The summed E-state index contributed by atoms with van der Waals surface area (Å²) in [7, 11) is 4.88. The molecule has 0 N–H and O–H groups in total. The highest BCUT2D eigenvalue weighted by Crippen LogP contribution is 2.61. The van der Waals surface area contributed by atoms with Crippen molar-refractivity contribution in [1.82, 2.24) is 9.34 Å². The summed E-state index contributed by atoms with van der Waals surface area (Å²) >= 11 is 0. The third-order valence-corrected chi connectivity index (χ3v) is 5.65. The molecule has 0 bridgehead atoms. The van der Waals surface area contributed by atoms with Gasteiger partial charge in [0, 0.05) is 0 Å². The van der Waals surface area contributed by atoms with Gasteiger partial charge in [-0.25, -0.2) is 9.34 Å². The fraction of sp³-hybridized carbons (Fsp3) is 1.00. The van der Waals surface area contributed by atoms with Crippen molar-refractivity contribution in [3.63, 3.8) is 0 Å². The normalized spacial score (nSPS) is 29.9. The molecule has 0 aromatic heterocycles. The third kappa shape index (κ3) is 1.44. The SMILES string of the molecule is C[C@H]1O[C@H]1P(=O)(N(C)C)N(C)C. The Hall–Kier alpha value is 0.110. The van der Waals surface area contributed by atoms with Crippen LogP contribution in [0.1, 0.15) is 6.92 Å². The lowest BCUT2D eigenvalue weighted by Crippen LogP contribution is -2.24. The first-order valence-electron chi connectivity index (χ1n) is 4.01. The van der Waals surface area contributed by atoms with Gasteiger partial charge in [-0.2, -0.15) is 0 Å². The van der Waals surface area contributed by atoms with E-state index in [0.717, 1.165) is 0 Å². The molecule has 1 fully saturated rings. The molecule has 1 aliphatic rings. The van der Waals surface area contributed by atoms with E-state index in [4.69, 9.17) is 4.74 Å². The molecule has 0 aromatic rings. The maximum Gasteiger partial charge on any atom is 0.246 e. The van der Waals surface area contributed by atoms with Gasteiger partial charge in [0.1, 0.15) is 0 Å². The standard InChI is InChI=1S/C7H17N2O2P/c1-6-7(11-6)12(10,8(2)3)9(4)5/h6-7H,1-5H3/t6-,7+/m1/s1. The Kier molecular flexibility index (Phi) is 2.64. The van der Waals surface area contributed by atoms with Gasteiger partial charge in [0.2, 0.25) is 7.44 Å². The third-order valence-electron chi connectivity index (χ3n) is 2.16. The monoisotopic (exact) mass is 192 g/mol. The van der Waals surface area contributed by atoms with E-state index in [1.807, 2.05) is 35.1 Å². The van der Waals surface area contributed by atoms with E-state index in [-0.39, 0.29) is 11.9 Å². The van der Waals surface area contributed by atoms with Crippen LogP contribution in [0.2, 0.25) is 0 Å². The first kappa shape index (κ1) is 10.2. The molecule has 0 aromatic carbocycles. The second kappa shape index (κ2) is 3.11. The van der Waals surface area contributed by atoms with Gasteiger partial charge in [0.25, 0.3) is 0 Å². The highest BCUT2D eigenvalue weighted by molar-refractivity contribution is 7.59. The molecule has 0 spiro atoms. The summed E-state index contributed by atoms with van der Waals surface area (Å²) in [5, 5.41) is 0. The van der Waals surface area contributed by atoms with Crippen molar-refractivity contribution < 1.29 is 9.30 Å². The second-order valence-electron chi connectivity index (χ2n) is 3.52. The summed E-state index contributed by atoms with van der Waals surface area (Å²) in [5.74, 6) is -0.0949. The van der Waals surface area contributed by atoms with Gasteiger partial charge in [0.15, 0.2) is 5.85 Å². The van der Waals surface area contributed by atoms with Crippen LogP contribution in [0.25, 0.3) is 0 Å². The summed E-state index contributed by atoms with van der Waals surface area (Å²) in [4.78, 5) is 0. The molecule has 72 valence electrons. The summed E-state index contributed by atoms with van der Waals surface area (Å²) in [6.45, 7) is 1.95. The van der Waals surface area contributed by atoms with Crippen molar-refractivity contribution in [2.24, 2.45) is 0 Å². The van der Waals surface area contributed by atoms with Crippen LogP contribution >= 0.6 is 7.44 Å². The lowest BCUT2D eigenvalue weighted by molar-refractivity contribution is 0.377. The Morgan fingerprint density at radius 1 is 1.17 bits per heavy atom. The highest BCUT2D eigenvalue weighted by atomic mass is 31.2. The average Bonchev–Trinajstić information content (AvgIpc) is 2.64. The van der Waals surface area contributed by atoms with Crippen molar-refractivity contribution >= 4 is 7.44 Å². The molecule has 1 saturated heterocycles. The predicted molar refractivity (Wildman–Crippen MR) is 49.3 cm³/mol. The molecule has 0 aliphatic carbocycles. The van der Waals surface area contributed by atoms with Crippen LogP contribution in [0.3, 0.4) is 0 Å². The van der Waals surface area contributed by atoms with Gasteiger partial charge in [-0.05, 0) is 35.1 Å². The minimum Gasteiger partial charge on any atom is -0.359 e. The Balaban J connectivity index is 2.81. The summed E-state index contributed by atoms with van der Waals surface area (Å²) in [5.41, 5.74) is 0. The van der Waals surface area contributed by atoms with Crippen molar-refractivity contribution in [3.8, 4) is 0 Å². The molecule has 4 nitrogen and oxygen atoms in total. The first-order chi connectivity index (χ1) is 5.40. The zero-order valence-corrected chi connectivity index (χ0v) is 9.21. The quantitative estimate of drug-likeness (QED) is 0.494. The van der Waals surface area contributed by atoms with Crippen LogP contribution in [-0.2, 0) is 9.30 Å². The zero-order valence-electron chi connectivity index (χ0n) is 8.31. The lowest BCUT2D eigenvalue weighted by Gasteiger charge is -2.29. The zero-order chi connectivity index (χ0) is 9.52. The Bertz CT molecular complexity index is 205. The molecule has 2 atom stereocenters. The minimum absolute atomic E-state index is 0.0949. The van der Waals surface area contributed by atoms with Gasteiger partial charge in [-0.15, -0.1) is 0 Å². The highest BCUT2D eigenvalue weighted by Gasteiger charge is 2.52. The van der Waals surface area contributed by atoms with E-state index < -0.39 is 7.44 Å². The van der Waals surface area contributed by atoms with E-state index in [1.54, 1.807) is 9.34 Å². The minimum atomic E-state index is -2.44. The van der Waals surface area contributed by atoms with E-state index >= 15 is 0 Å². The number of hydrogen-bond donors (Lipinski definition) is 0. The first-order valence-corrected chi connectivity index (χ1v) is 5.69. The van der Waals surface area contributed by atoms with Gasteiger partial charge in [-0.3, -0.25) is 4.57 Å². The molecule has 0 radical (unpaired) electrons. The molecule has 5 heteroatoms. The Morgan fingerprint density at radius 3 is 1.58 bits per heavy atom. The lowest BCUT2D eigenvalue weighted by atomic mass is 10.6. The molecular formula is C7H17N2O2P. The van der Waals surface area contributed by atoms with E-state index in [0.29, 0.717) is 0 Å². The maximum absolute atomic E-state index is 12.3. The topological polar surface area (TPSA) is 36.1 Å². The van der Waals surface area contributed by atoms with Crippen molar-refractivity contribution in [3.05, 3.63) is 0 Å². The maximum atomic E-state index is 12.3. The number of hydrogen-bond acceptors (Lipinski definition) is 2. The molecule has 0 saturated carbocycles. The van der Waals surface area contributed by atoms with Crippen molar-refractivity contribution in [2.45, 2.75) is 18.9 Å². The van der Waals surface area contributed by atoms with Gasteiger partial charge < -0.3 is 4.74 Å². The van der Waals surface area contributed by atoms with Gasteiger partial charge in [0.05, 0.1) is 6.10 Å². The van der Waals surface area contributed by atoms with Gasteiger partial charge in [-0.1, -0.05) is 0 Å². The van der Waals surface area contributed by atoms with Crippen LogP contribution < -0.4 is 0 Å². The molecule has 12 heavy (non-hydrogen) atoms. The number of rotatable bonds is 3.